The number of carbonyl (C=O) groups is 2. The molecule has 0 saturated heterocycles. The number of carbonyl (C=O) groups excluding carboxylic acids is 2. The Kier molecular flexibility index (Phi) is 10.2. The first-order valence-electron chi connectivity index (χ1n) is 17.0. The first-order valence-corrected chi connectivity index (χ1v) is 17.0. The van der Waals surface area contributed by atoms with Gasteiger partial charge >= 0.3 is 0 Å². The van der Waals surface area contributed by atoms with Crippen LogP contribution in [0.4, 0.5) is 20.3 Å². The minimum absolute atomic E-state index is 0.0936. The number of nitrogens with zero attached hydrogens (tertiary/aromatic N) is 4. The lowest BCUT2D eigenvalue weighted by atomic mass is 9.91. The zero-order valence-electron chi connectivity index (χ0n) is 28.8. The summed E-state index contributed by atoms with van der Waals surface area (Å²) in [6.07, 6.45) is 7.38. The van der Waals surface area contributed by atoms with E-state index in [2.05, 4.69) is 82.9 Å². The zero-order chi connectivity index (χ0) is 35.4. The molecule has 0 spiro atoms. The monoisotopic (exact) mass is 679 g/mol. The molecule has 1 saturated carbocycles. The number of benzene rings is 2. The molecule has 3 aromatic heterocycles. The maximum atomic E-state index is 14.4. The zero-order valence-corrected chi connectivity index (χ0v) is 28.8. The van der Waals surface area contributed by atoms with Gasteiger partial charge in [-0.1, -0.05) is 36.4 Å². The highest BCUT2D eigenvalue weighted by molar-refractivity contribution is 5.99. The van der Waals surface area contributed by atoms with E-state index in [0.29, 0.717) is 31.3 Å². The summed E-state index contributed by atoms with van der Waals surface area (Å²) < 4.78 is 29.4. The third-order valence-electron chi connectivity index (χ3n) is 9.44. The van der Waals surface area contributed by atoms with Crippen molar-refractivity contribution in [1.82, 2.24) is 29.9 Å². The van der Waals surface area contributed by atoms with Crippen molar-refractivity contribution in [2.45, 2.75) is 70.5 Å². The number of hydrogen-bond donors (Lipinski definition) is 3. The van der Waals surface area contributed by atoms with E-state index in [1.54, 1.807) is 0 Å². The van der Waals surface area contributed by atoms with Crippen molar-refractivity contribution in [2.75, 3.05) is 18.9 Å². The van der Waals surface area contributed by atoms with Crippen molar-refractivity contribution in [2.24, 2.45) is 0 Å². The molecule has 1 aliphatic carbocycles. The molecule has 1 aliphatic rings. The third-order valence-corrected chi connectivity index (χ3v) is 9.44. The Bertz CT molecular complexity index is 1980. The molecule has 2 aromatic carbocycles. The molecule has 3 N–H and O–H groups in total. The van der Waals surface area contributed by atoms with Gasteiger partial charge in [0, 0.05) is 42.2 Å². The minimum atomic E-state index is -0.607. The van der Waals surface area contributed by atoms with E-state index in [4.69, 9.17) is 0 Å². The topological polar surface area (TPSA) is 104 Å². The lowest BCUT2D eigenvalue weighted by molar-refractivity contribution is 0.0889. The number of fused-ring (bicyclic) bond motifs is 1. The molecule has 5 aromatic rings. The van der Waals surface area contributed by atoms with Crippen LogP contribution < -0.4 is 16.0 Å². The number of hydrogen-bond acceptors (Lipinski definition) is 6. The van der Waals surface area contributed by atoms with Gasteiger partial charge in [-0.15, -0.1) is 0 Å². The Hall–Kier alpha value is -5.16. The number of anilines is 2. The molecule has 0 bridgehead atoms. The van der Waals surface area contributed by atoms with Crippen LogP contribution >= 0.6 is 0 Å². The van der Waals surface area contributed by atoms with Gasteiger partial charge in [0.05, 0.1) is 11.8 Å². The van der Waals surface area contributed by atoms with Gasteiger partial charge in [0.1, 0.15) is 28.8 Å². The van der Waals surface area contributed by atoms with Crippen LogP contribution in [0.3, 0.4) is 0 Å². The third kappa shape index (κ3) is 8.52. The molecular weight excluding hydrogens is 636 g/mol. The molecular formula is C39H43F2N7O2. The Balaban J connectivity index is 1.05. The van der Waals surface area contributed by atoms with Gasteiger partial charge in [-0.25, -0.2) is 18.7 Å². The predicted octanol–water partition coefficient (Wildman–Crippen LogP) is 7.16. The SMILES string of the molecule is CN(CCc1ccc(-c2cccc(Nc3ncc(F)cc3C(=O)NC3CCC(NC(=O)c4cn5cc(F)ccc5n4)CC3)c2)cc1)C(C)(C)C. The summed E-state index contributed by atoms with van der Waals surface area (Å²) in [7, 11) is 2.14. The number of imidazole rings is 1. The number of rotatable bonds is 10. The Morgan fingerprint density at radius 1 is 0.860 bits per heavy atom. The van der Waals surface area contributed by atoms with Gasteiger partial charge in [0.15, 0.2) is 0 Å². The second-order valence-electron chi connectivity index (χ2n) is 14.0. The summed E-state index contributed by atoms with van der Waals surface area (Å²) in [4.78, 5) is 37.1. The molecule has 11 heteroatoms. The fourth-order valence-corrected chi connectivity index (χ4v) is 6.10. The van der Waals surface area contributed by atoms with Crippen molar-refractivity contribution < 1.29 is 18.4 Å². The summed E-state index contributed by atoms with van der Waals surface area (Å²) >= 11 is 0. The molecule has 1 fully saturated rings. The normalized spacial score (nSPS) is 16.4. The van der Waals surface area contributed by atoms with Crippen LogP contribution in [0.2, 0.25) is 0 Å². The second kappa shape index (κ2) is 14.8. The van der Waals surface area contributed by atoms with E-state index >= 15 is 0 Å². The van der Waals surface area contributed by atoms with Gasteiger partial charge in [-0.3, -0.25) is 9.59 Å². The fraction of sp³-hybridized carbons (Fsp3) is 0.333. The van der Waals surface area contributed by atoms with Crippen molar-refractivity contribution >= 4 is 29.0 Å². The average Bonchev–Trinajstić information content (AvgIpc) is 3.52. The van der Waals surface area contributed by atoms with E-state index in [-0.39, 0.29) is 40.6 Å². The lowest BCUT2D eigenvalue weighted by Crippen LogP contribution is -2.44. The van der Waals surface area contributed by atoms with Crippen LogP contribution in [0, 0.1) is 11.6 Å². The van der Waals surface area contributed by atoms with Crippen LogP contribution in [0.25, 0.3) is 16.8 Å². The smallest absolute Gasteiger partial charge is 0.271 e. The maximum absolute atomic E-state index is 14.4. The summed E-state index contributed by atoms with van der Waals surface area (Å²) in [5, 5.41) is 9.26. The molecule has 0 radical (unpaired) electrons. The Morgan fingerprint density at radius 2 is 1.56 bits per heavy atom. The van der Waals surface area contributed by atoms with E-state index in [1.165, 1.54) is 40.6 Å². The standard InChI is InChI=1S/C39H43F2N7O2/c1-39(2,3)47(4)19-18-25-8-10-26(11-9-25)27-6-5-7-32(20-27)43-36-33(21-29(41)22-42-36)37(49)44-30-13-15-31(16-14-30)45-38(50)34-24-48-23-28(40)12-17-35(48)46-34/h5-12,17,20-24,30-31H,13-16,18-19H2,1-4H3,(H,42,43)(H,44,49)(H,45,50). The van der Waals surface area contributed by atoms with Gasteiger partial charge in [0.2, 0.25) is 0 Å². The van der Waals surface area contributed by atoms with E-state index in [1.807, 2.05) is 24.3 Å². The van der Waals surface area contributed by atoms with Gasteiger partial charge in [0.25, 0.3) is 11.8 Å². The van der Waals surface area contributed by atoms with E-state index < -0.39 is 17.5 Å². The molecule has 3 heterocycles. The summed E-state index contributed by atoms with van der Waals surface area (Å²) in [5.74, 6) is -1.52. The molecule has 0 unspecified atom stereocenters. The minimum Gasteiger partial charge on any atom is -0.349 e. The molecule has 6 rings (SSSR count). The van der Waals surface area contributed by atoms with Crippen LogP contribution in [0.5, 0.6) is 0 Å². The number of amides is 2. The first kappa shape index (κ1) is 34.7. The van der Waals surface area contributed by atoms with Gasteiger partial charge < -0.3 is 25.3 Å². The van der Waals surface area contributed by atoms with Crippen LogP contribution in [-0.2, 0) is 6.42 Å². The number of halogens is 2. The van der Waals surface area contributed by atoms with Crippen LogP contribution in [0.15, 0.2) is 85.3 Å². The van der Waals surface area contributed by atoms with Crippen molar-refractivity contribution in [3.05, 3.63) is 114 Å². The Labute approximate surface area is 291 Å². The first-order chi connectivity index (χ1) is 23.9. The van der Waals surface area contributed by atoms with E-state index in [0.717, 1.165) is 36.0 Å². The highest BCUT2D eigenvalue weighted by atomic mass is 19.1. The number of pyridine rings is 2. The summed E-state index contributed by atoms with van der Waals surface area (Å²) in [6.45, 7) is 7.60. The quantitative estimate of drug-likeness (QED) is 0.145. The number of aromatic nitrogens is 3. The largest absolute Gasteiger partial charge is 0.349 e. The Morgan fingerprint density at radius 3 is 2.26 bits per heavy atom. The van der Waals surface area contributed by atoms with Crippen molar-refractivity contribution in [3.8, 4) is 11.1 Å². The van der Waals surface area contributed by atoms with Crippen LogP contribution in [-0.4, -0.2) is 62.3 Å². The maximum Gasteiger partial charge on any atom is 0.271 e. The second-order valence-corrected chi connectivity index (χ2v) is 14.0. The molecule has 50 heavy (non-hydrogen) atoms. The van der Waals surface area contributed by atoms with Crippen molar-refractivity contribution in [3.63, 3.8) is 0 Å². The molecule has 0 aliphatic heterocycles. The van der Waals surface area contributed by atoms with Crippen molar-refractivity contribution in [1.29, 1.82) is 0 Å². The predicted molar refractivity (Wildman–Crippen MR) is 192 cm³/mol. The summed E-state index contributed by atoms with van der Waals surface area (Å²) in [6, 6.07) is 20.1. The molecule has 260 valence electrons. The van der Waals surface area contributed by atoms with Gasteiger partial charge in [-0.05, 0) is 107 Å². The molecule has 0 atom stereocenters. The highest BCUT2D eigenvalue weighted by Crippen LogP contribution is 2.27. The highest BCUT2D eigenvalue weighted by Gasteiger charge is 2.26. The molecule has 9 nitrogen and oxygen atoms in total. The number of nitrogens with one attached hydrogen (secondary N) is 3. The van der Waals surface area contributed by atoms with Gasteiger partial charge in [-0.2, -0.15) is 0 Å². The molecule has 2 amide bonds. The summed E-state index contributed by atoms with van der Waals surface area (Å²) in [5.41, 5.74) is 4.98. The van der Waals surface area contributed by atoms with E-state index in [9.17, 15) is 18.4 Å². The lowest BCUT2D eigenvalue weighted by Gasteiger charge is -2.31. The number of likely N-dealkylation sites (N-methyl/N-ethyl adjacent to an activating group) is 1. The van der Waals surface area contributed by atoms with Crippen LogP contribution in [0.1, 0.15) is 72.9 Å². The fourth-order valence-electron chi connectivity index (χ4n) is 6.10. The average molecular weight is 680 g/mol.